The third-order valence-corrected chi connectivity index (χ3v) is 4.53. The van der Waals surface area contributed by atoms with Gasteiger partial charge in [-0.05, 0) is 28.1 Å². The van der Waals surface area contributed by atoms with Crippen molar-refractivity contribution >= 4 is 38.5 Å². The summed E-state index contributed by atoms with van der Waals surface area (Å²) in [6.45, 7) is 0. The number of halogens is 7. The van der Waals surface area contributed by atoms with E-state index >= 15 is 0 Å². The van der Waals surface area contributed by atoms with Crippen LogP contribution in [0.2, 0.25) is 0 Å². The molecule has 0 aliphatic carbocycles. The molecule has 0 saturated heterocycles. The number of hydrogen-bond donors (Lipinski definition) is 1. The van der Waals surface area contributed by atoms with E-state index in [9.17, 15) is 35.9 Å². The van der Waals surface area contributed by atoms with Gasteiger partial charge < -0.3 is 9.73 Å². The molecule has 0 bridgehead atoms. The SMILES string of the molecule is Cn1nc(C(F)(F)F)c(Br)c1C(=O)Nc1ccc2c(C(F)(F)F)cc(=O)oc2c1. The molecule has 1 N–H and O–H groups in total. The highest BCUT2D eigenvalue weighted by molar-refractivity contribution is 9.10. The monoisotopic (exact) mass is 483 g/mol. The minimum Gasteiger partial charge on any atom is -0.423 e. The number of hydrogen-bond acceptors (Lipinski definition) is 4. The third kappa shape index (κ3) is 3.99. The molecule has 0 saturated carbocycles. The molecule has 0 aliphatic heterocycles. The summed E-state index contributed by atoms with van der Waals surface area (Å²) in [5, 5.41) is 5.06. The van der Waals surface area contributed by atoms with Crippen LogP contribution in [0.1, 0.15) is 21.7 Å². The van der Waals surface area contributed by atoms with E-state index < -0.39 is 56.3 Å². The molecule has 13 heteroatoms. The van der Waals surface area contributed by atoms with Crippen molar-refractivity contribution < 1.29 is 35.6 Å². The summed E-state index contributed by atoms with van der Waals surface area (Å²) in [4.78, 5) is 23.8. The van der Waals surface area contributed by atoms with Crippen molar-refractivity contribution in [1.82, 2.24) is 9.78 Å². The third-order valence-electron chi connectivity index (χ3n) is 3.78. The Kier molecular flexibility index (Phi) is 4.97. The lowest BCUT2D eigenvalue weighted by atomic mass is 10.1. The van der Waals surface area contributed by atoms with Gasteiger partial charge in [0.2, 0.25) is 0 Å². The van der Waals surface area contributed by atoms with Gasteiger partial charge in [-0.15, -0.1) is 0 Å². The molecular formula is C16H8BrF6N3O3. The zero-order valence-corrected chi connectivity index (χ0v) is 15.7. The molecule has 3 rings (SSSR count). The fourth-order valence-electron chi connectivity index (χ4n) is 2.59. The van der Waals surface area contributed by atoms with Crippen molar-refractivity contribution in [2.24, 2.45) is 7.05 Å². The van der Waals surface area contributed by atoms with Crippen molar-refractivity contribution in [3.05, 3.63) is 56.1 Å². The fourth-order valence-corrected chi connectivity index (χ4v) is 3.33. The Morgan fingerprint density at radius 2 is 1.79 bits per heavy atom. The summed E-state index contributed by atoms with van der Waals surface area (Å²) in [5.74, 6) is -1.02. The Balaban J connectivity index is 2.01. The number of aromatic nitrogens is 2. The van der Waals surface area contributed by atoms with Crippen molar-refractivity contribution in [2.45, 2.75) is 12.4 Å². The number of nitrogens with zero attached hydrogens (tertiary/aromatic N) is 2. The van der Waals surface area contributed by atoms with E-state index in [0.29, 0.717) is 10.7 Å². The average molecular weight is 484 g/mol. The van der Waals surface area contributed by atoms with Crippen LogP contribution in [0.5, 0.6) is 0 Å². The number of rotatable bonds is 2. The van der Waals surface area contributed by atoms with Crippen LogP contribution in [0.4, 0.5) is 32.0 Å². The molecule has 6 nitrogen and oxygen atoms in total. The largest absolute Gasteiger partial charge is 0.436 e. The summed E-state index contributed by atoms with van der Waals surface area (Å²) in [5.41, 5.74) is -4.81. The highest BCUT2D eigenvalue weighted by Crippen LogP contribution is 2.36. The molecule has 29 heavy (non-hydrogen) atoms. The van der Waals surface area contributed by atoms with E-state index in [1.54, 1.807) is 0 Å². The van der Waals surface area contributed by atoms with Gasteiger partial charge in [0.15, 0.2) is 5.69 Å². The summed E-state index contributed by atoms with van der Waals surface area (Å²) in [6, 6.07) is 3.31. The topological polar surface area (TPSA) is 77.1 Å². The van der Waals surface area contributed by atoms with Crippen molar-refractivity contribution in [3.63, 3.8) is 0 Å². The lowest BCUT2D eigenvalue weighted by Gasteiger charge is -2.11. The molecule has 1 aromatic carbocycles. The molecule has 0 fully saturated rings. The van der Waals surface area contributed by atoms with Gasteiger partial charge in [0.1, 0.15) is 11.3 Å². The smallest absolute Gasteiger partial charge is 0.423 e. The van der Waals surface area contributed by atoms with Gasteiger partial charge in [-0.25, -0.2) is 4.79 Å². The quantitative estimate of drug-likeness (QED) is 0.427. The van der Waals surface area contributed by atoms with Gasteiger partial charge in [-0.2, -0.15) is 31.4 Å². The average Bonchev–Trinajstić information content (AvgIpc) is 2.87. The van der Waals surface area contributed by atoms with E-state index in [1.165, 1.54) is 0 Å². The van der Waals surface area contributed by atoms with Crippen molar-refractivity contribution in [1.29, 1.82) is 0 Å². The Morgan fingerprint density at radius 3 is 2.34 bits per heavy atom. The number of alkyl halides is 6. The molecule has 2 aromatic heterocycles. The number of carbonyl (C=O) groups excluding carboxylic acids is 1. The molecule has 0 radical (unpaired) electrons. The predicted molar refractivity (Wildman–Crippen MR) is 91.3 cm³/mol. The van der Waals surface area contributed by atoms with E-state index in [1.807, 2.05) is 0 Å². The van der Waals surface area contributed by atoms with E-state index in [4.69, 9.17) is 4.42 Å². The molecular weight excluding hydrogens is 476 g/mol. The normalized spacial score (nSPS) is 12.4. The second-order valence-electron chi connectivity index (χ2n) is 5.77. The standard InChI is InChI=1S/C16H8BrF6N3O3/c1-26-12(11(17)13(25-26)16(21,22)23)14(28)24-6-2-3-7-8(15(18,19)20)5-10(27)29-9(7)4-6/h2-5H,1H3,(H,24,28). The number of benzene rings is 1. The van der Waals surface area contributed by atoms with Gasteiger partial charge in [0.05, 0.1) is 10.0 Å². The minimum absolute atomic E-state index is 0.105. The van der Waals surface area contributed by atoms with Crippen LogP contribution in [0, 0.1) is 0 Å². The highest BCUT2D eigenvalue weighted by Gasteiger charge is 2.39. The maximum Gasteiger partial charge on any atom is 0.436 e. The summed E-state index contributed by atoms with van der Waals surface area (Å²) >= 11 is 2.68. The van der Waals surface area contributed by atoms with Gasteiger partial charge in [0.25, 0.3) is 5.91 Å². The zero-order chi connectivity index (χ0) is 21.7. The first-order valence-corrected chi connectivity index (χ1v) is 8.34. The van der Waals surface area contributed by atoms with Gasteiger partial charge in [0, 0.05) is 30.3 Å². The van der Waals surface area contributed by atoms with E-state index in [0.717, 1.165) is 25.2 Å². The van der Waals surface area contributed by atoms with Crippen LogP contribution in [0.25, 0.3) is 11.0 Å². The fraction of sp³-hybridized carbons (Fsp3) is 0.188. The van der Waals surface area contributed by atoms with Crippen LogP contribution < -0.4 is 10.9 Å². The number of amides is 1. The summed E-state index contributed by atoms with van der Waals surface area (Å²) in [6.07, 6.45) is -9.62. The first kappa shape index (κ1) is 20.9. The van der Waals surface area contributed by atoms with Crippen LogP contribution in [0.3, 0.4) is 0 Å². The second-order valence-corrected chi connectivity index (χ2v) is 6.57. The molecule has 0 spiro atoms. The maximum absolute atomic E-state index is 13.1. The van der Waals surface area contributed by atoms with Crippen molar-refractivity contribution in [2.75, 3.05) is 5.32 Å². The minimum atomic E-state index is -4.81. The molecule has 2 heterocycles. The number of carbonyl (C=O) groups is 1. The molecule has 0 unspecified atom stereocenters. The van der Waals surface area contributed by atoms with Gasteiger partial charge >= 0.3 is 18.0 Å². The Morgan fingerprint density at radius 1 is 1.14 bits per heavy atom. The van der Waals surface area contributed by atoms with Crippen LogP contribution in [0.15, 0.2) is 37.9 Å². The van der Waals surface area contributed by atoms with Crippen LogP contribution in [-0.4, -0.2) is 15.7 Å². The lowest BCUT2D eigenvalue weighted by Crippen LogP contribution is -2.17. The Labute approximate surface area is 165 Å². The van der Waals surface area contributed by atoms with Crippen molar-refractivity contribution in [3.8, 4) is 0 Å². The van der Waals surface area contributed by atoms with Crippen LogP contribution in [-0.2, 0) is 19.4 Å². The van der Waals surface area contributed by atoms with E-state index in [-0.39, 0.29) is 5.69 Å². The summed E-state index contributed by atoms with van der Waals surface area (Å²) < 4.78 is 82.7. The van der Waals surface area contributed by atoms with Gasteiger partial charge in [-0.1, -0.05) is 0 Å². The molecule has 0 aliphatic rings. The maximum atomic E-state index is 13.1. The van der Waals surface area contributed by atoms with Gasteiger partial charge in [-0.3, -0.25) is 9.48 Å². The lowest BCUT2D eigenvalue weighted by molar-refractivity contribution is -0.142. The first-order valence-electron chi connectivity index (χ1n) is 7.55. The molecule has 1 amide bonds. The second kappa shape index (κ2) is 6.90. The number of fused-ring (bicyclic) bond motifs is 1. The molecule has 0 atom stereocenters. The number of anilines is 1. The molecule has 3 aromatic rings. The summed E-state index contributed by atoms with van der Waals surface area (Å²) in [7, 11) is 1.12. The number of aryl methyl sites for hydroxylation is 1. The Hall–Kier alpha value is -2.83. The van der Waals surface area contributed by atoms with Crippen LogP contribution >= 0.6 is 15.9 Å². The zero-order valence-electron chi connectivity index (χ0n) is 14.1. The van der Waals surface area contributed by atoms with E-state index in [2.05, 4.69) is 26.3 Å². The predicted octanol–water partition coefficient (Wildman–Crippen LogP) is 4.58. The first-order chi connectivity index (χ1) is 13.3. The Bertz CT molecular complexity index is 1180. The molecule has 154 valence electrons. The highest BCUT2D eigenvalue weighted by atomic mass is 79.9. The number of nitrogens with one attached hydrogen (secondary N) is 1.